The number of aromatic nitrogens is 3. The zero-order valence-electron chi connectivity index (χ0n) is 17.4. The number of halogens is 1. The number of morpholine rings is 1. The molecule has 7 nitrogen and oxygen atoms in total. The van der Waals surface area contributed by atoms with Crippen LogP contribution in [0.5, 0.6) is 5.88 Å². The fraction of sp³-hybridized carbons (Fsp3) is 0.409. The van der Waals surface area contributed by atoms with Crippen LogP contribution in [0.25, 0.3) is 16.7 Å². The predicted molar refractivity (Wildman–Crippen MR) is 111 cm³/mol. The number of amides is 1. The van der Waals surface area contributed by atoms with Gasteiger partial charge in [0, 0.05) is 30.5 Å². The highest BCUT2D eigenvalue weighted by molar-refractivity contribution is 5.86. The molecule has 4 rings (SSSR count). The van der Waals surface area contributed by atoms with Gasteiger partial charge in [-0.1, -0.05) is 6.07 Å². The summed E-state index contributed by atoms with van der Waals surface area (Å²) in [5.74, 6) is 0.232. The second-order valence-electron chi connectivity index (χ2n) is 7.39. The van der Waals surface area contributed by atoms with Crippen LogP contribution in [0.2, 0.25) is 0 Å². The molecule has 3 heterocycles. The van der Waals surface area contributed by atoms with Crippen molar-refractivity contribution in [1.29, 1.82) is 0 Å². The van der Waals surface area contributed by atoms with Crippen LogP contribution < -0.4 is 4.74 Å². The quantitative estimate of drug-likeness (QED) is 0.644. The molecule has 1 aliphatic heterocycles. The number of methoxy groups -OCH3 is 1. The number of carbonyl (C=O) groups is 1. The van der Waals surface area contributed by atoms with Crippen molar-refractivity contribution in [2.45, 2.75) is 26.7 Å². The molecule has 0 unspecified atom stereocenters. The normalized spacial score (nSPS) is 14.3. The Bertz CT molecular complexity index is 1090. The predicted octanol–water partition coefficient (Wildman–Crippen LogP) is 2.98. The van der Waals surface area contributed by atoms with Gasteiger partial charge < -0.3 is 14.4 Å². The van der Waals surface area contributed by atoms with E-state index in [1.165, 1.54) is 12.1 Å². The van der Waals surface area contributed by atoms with E-state index in [9.17, 15) is 9.18 Å². The molecule has 0 radical (unpaired) electrons. The molecular weight excluding hydrogens is 387 g/mol. The first-order valence-corrected chi connectivity index (χ1v) is 10.0. The molecule has 8 heteroatoms. The van der Waals surface area contributed by atoms with Gasteiger partial charge in [-0.3, -0.25) is 4.79 Å². The van der Waals surface area contributed by atoms with Crippen LogP contribution in [0.15, 0.2) is 24.3 Å². The zero-order valence-corrected chi connectivity index (χ0v) is 17.4. The van der Waals surface area contributed by atoms with Gasteiger partial charge in [0.2, 0.25) is 11.8 Å². The maximum absolute atomic E-state index is 13.7. The van der Waals surface area contributed by atoms with Crippen molar-refractivity contribution in [3.05, 3.63) is 46.9 Å². The molecule has 158 valence electrons. The second kappa shape index (κ2) is 8.39. The Labute approximate surface area is 174 Å². The average Bonchev–Trinajstić information content (AvgIpc) is 3.09. The first-order chi connectivity index (χ1) is 14.5. The summed E-state index contributed by atoms with van der Waals surface area (Å²) >= 11 is 0. The Morgan fingerprint density at radius 1 is 1.27 bits per heavy atom. The lowest BCUT2D eigenvalue weighted by atomic mass is 10.0. The number of hydrogen-bond donors (Lipinski definition) is 0. The number of nitrogens with zero attached hydrogens (tertiary/aromatic N) is 4. The number of benzene rings is 1. The van der Waals surface area contributed by atoms with Gasteiger partial charge in [0.05, 0.1) is 31.7 Å². The summed E-state index contributed by atoms with van der Waals surface area (Å²) in [4.78, 5) is 19.1. The Hall–Kier alpha value is -3.00. The van der Waals surface area contributed by atoms with Gasteiger partial charge in [-0.25, -0.2) is 9.07 Å². The van der Waals surface area contributed by atoms with Gasteiger partial charge in [0.1, 0.15) is 5.82 Å². The summed E-state index contributed by atoms with van der Waals surface area (Å²) in [5, 5.41) is 5.49. The maximum atomic E-state index is 13.7. The number of pyridine rings is 1. The second-order valence-corrected chi connectivity index (χ2v) is 7.39. The van der Waals surface area contributed by atoms with E-state index in [-0.39, 0.29) is 11.7 Å². The number of fused-ring (bicyclic) bond motifs is 1. The largest absolute Gasteiger partial charge is 0.481 e. The van der Waals surface area contributed by atoms with Crippen LogP contribution in [0.4, 0.5) is 4.39 Å². The molecule has 1 aliphatic rings. The Balaban J connectivity index is 1.70. The monoisotopic (exact) mass is 412 g/mol. The third-order valence-corrected chi connectivity index (χ3v) is 5.53. The van der Waals surface area contributed by atoms with Crippen molar-refractivity contribution in [3.63, 3.8) is 0 Å². The fourth-order valence-corrected chi connectivity index (χ4v) is 3.99. The van der Waals surface area contributed by atoms with Gasteiger partial charge in [0.15, 0.2) is 5.65 Å². The molecule has 0 saturated carbocycles. The van der Waals surface area contributed by atoms with Crippen molar-refractivity contribution in [3.8, 4) is 11.6 Å². The first kappa shape index (κ1) is 20.3. The molecule has 1 saturated heterocycles. The Morgan fingerprint density at radius 2 is 2.03 bits per heavy atom. The molecule has 0 N–H and O–H groups in total. The smallest absolute Gasteiger partial charge is 0.223 e. The lowest BCUT2D eigenvalue weighted by Gasteiger charge is -2.27. The molecule has 1 aromatic carbocycles. The minimum Gasteiger partial charge on any atom is -0.481 e. The van der Waals surface area contributed by atoms with E-state index in [4.69, 9.17) is 9.47 Å². The summed E-state index contributed by atoms with van der Waals surface area (Å²) in [7, 11) is 1.57. The summed E-state index contributed by atoms with van der Waals surface area (Å²) < 4.78 is 26.3. The van der Waals surface area contributed by atoms with E-state index in [0.717, 1.165) is 22.2 Å². The lowest BCUT2D eigenvalue weighted by Crippen LogP contribution is -2.40. The van der Waals surface area contributed by atoms with Gasteiger partial charge in [0.25, 0.3) is 0 Å². The van der Waals surface area contributed by atoms with Gasteiger partial charge >= 0.3 is 0 Å². The molecule has 1 fully saturated rings. The van der Waals surface area contributed by atoms with Crippen LogP contribution >= 0.6 is 0 Å². The summed E-state index contributed by atoms with van der Waals surface area (Å²) in [6.07, 6.45) is 0.903. The molecule has 0 spiro atoms. The van der Waals surface area contributed by atoms with E-state index in [2.05, 4.69) is 10.1 Å². The summed E-state index contributed by atoms with van der Waals surface area (Å²) in [6.45, 7) is 6.32. The minimum absolute atomic E-state index is 0.104. The Kier molecular flexibility index (Phi) is 5.67. The molecule has 0 atom stereocenters. The summed E-state index contributed by atoms with van der Waals surface area (Å²) in [6, 6.07) is 6.24. The minimum atomic E-state index is -0.337. The van der Waals surface area contributed by atoms with Gasteiger partial charge in [-0.05, 0) is 44.0 Å². The third-order valence-electron chi connectivity index (χ3n) is 5.53. The highest BCUT2D eigenvalue weighted by atomic mass is 19.1. The van der Waals surface area contributed by atoms with E-state index in [1.54, 1.807) is 23.9 Å². The van der Waals surface area contributed by atoms with Crippen LogP contribution in [0.3, 0.4) is 0 Å². The topological polar surface area (TPSA) is 69.5 Å². The van der Waals surface area contributed by atoms with Crippen LogP contribution in [-0.2, 0) is 16.0 Å². The number of aryl methyl sites for hydroxylation is 2. The van der Waals surface area contributed by atoms with Crippen LogP contribution in [-0.4, -0.2) is 59.0 Å². The van der Waals surface area contributed by atoms with Crippen molar-refractivity contribution in [2.75, 3.05) is 33.4 Å². The number of carbonyl (C=O) groups excluding carboxylic acids is 1. The van der Waals surface area contributed by atoms with E-state index in [0.29, 0.717) is 56.4 Å². The van der Waals surface area contributed by atoms with E-state index in [1.807, 2.05) is 18.7 Å². The maximum Gasteiger partial charge on any atom is 0.223 e. The highest BCUT2D eigenvalue weighted by Crippen LogP contribution is 2.32. The SMILES string of the molecule is COc1nc2c(c(C)nn2-c2cccc(F)c2)c(C)c1CCC(=O)N1CCOCC1. The number of rotatable bonds is 5. The molecule has 1 amide bonds. The zero-order chi connectivity index (χ0) is 21.3. The molecule has 3 aromatic rings. The molecule has 0 bridgehead atoms. The number of hydrogen-bond acceptors (Lipinski definition) is 5. The highest BCUT2D eigenvalue weighted by Gasteiger charge is 2.22. The van der Waals surface area contributed by atoms with Crippen molar-refractivity contribution in [1.82, 2.24) is 19.7 Å². The molecular formula is C22H25FN4O3. The first-order valence-electron chi connectivity index (χ1n) is 10.0. The van der Waals surface area contributed by atoms with Gasteiger partial charge in [-0.2, -0.15) is 10.1 Å². The van der Waals surface area contributed by atoms with Crippen molar-refractivity contribution >= 4 is 16.9 Å². The van der Waals surface area contributed by atoms with Crippen LogP contribution in [0, 0.1) is 19.7 Å². The third kappa shape index (κ3) is 3.75. The van der Waals surface area contributed by atoms with E-state index < -0.39 is 0 Å². The molecule has 30 heavy (non-hydrogen) atoms. The van der Waals surface area contributed by atoms with Crippen molar-refractivity contribution in [2.24, 2.45) is 0 Å². The fourth-order valence-electron chi connectivity index (χ4n) is 3.99. The van der Waals surface area contributed by atoms with Crippen molar-refractivity contribution < 1.29 is 18.7 Å². The Morgan fingerprint density at radius 3 is 2.73 bits per heavy atom. The number of ether oxygens (including phenoxy) is 2. The summed E-state index contributed by atoms with van der Waals surface area (Å²) in [5.41, 5.74) is 3.87. The molecule has 2 aromatic heterocycles. The standard InChI is InChI=1S/C22H25FN4O3/c1-14-18(7-8-19(28)26-9-11-30-12-10-26)22(29-3)24-21-20(14)15(2)25-27(21)17-6-4-5-16(23)13-17/h4-6,13H,7-12H2,1-3H3. The lowest BCUT2D eigenvalue weighted by molar-refractivity contribution is -0.135. The average molecular weight is 412 g/mol. The molecule has 0 aliphatic carbocycles. The van der Waals surface area contributed by atoms with Crippen LogP contribution in [0.1, 0.15) is 23.2 Å². The van der Waals surface area contributed by atoms with Gasteiger partial charge in [-0.15, -0.1) is 0 Å². The van der Waals surface area contributed by atoms with E-state index >= 15 is 0 Å².